The number of fused-ring (bicyclic) bond motifs is 3. The summed E-state index contributed by atoms with van der Waals surface area (Å²) in [5.74, 6) is -0.974. The summed E-state index contributed by atoms with van der Waals surface area (Å²) in [7, 11) is 0. The molecule has 2 aliphatic rings. The third-order valence-corrected chi connectivity index (χ3v) is 6.26. The number of carbonyl (C=O) groups is 1. The van der Waals surface area contributed by atoms with Gasteiger partial charge in [0.05, 0.1) is 36.0 Å². The molecule has 2 N–H and O–H groups in total. The minimum absolute atomic E-state index is 0.0115. The molecule has 5 rings (SSSR count). The van der Waals surface area contributed by atoms with Crippen molar-refractivity contribution >= 4 is 22.6 Å². The lowest BCUT2D eigenvalue weighted by atomic mass is 9.99. The van der Waals surface area contributed by atoms with E-state index in [9.17, 15) is 18.0 Å². The minimum atomic E-state index is -4.50. The lowest BCUT2D eigenvalue weighted by Gasteiger charge is -2.23. The number of hydrogen-bond donors (Lipinski definition) is 1. The summed E-state index contributed by atoms with van der Waals surface area (Å²) in [5.41, 5.74) is 8.14. The van der Waals surface area contributed by atoms with Crippen molar-refractivity contribution in [1.82, 2.24) is 20.1 Å². The maximum absolute atomic E-state index is 15.1. The number of benzene rings is 1. The number of nitrogens with zero attached hydrogens (tertiary/aromatic N) is 4. The first-order chi connectivity index (χ1) is 17.1. The molecule has 1 atom stereocenters. The lowest BCUT2D eigenvalue weighted by Crippen LogP contribution is -2.33. The first-order valence-electron chi connectivity index (χ1n) is 11.4. The number of pyridine rings is 1. The highest BCUT2D eigenvalue weighted by atomic mass is 19.4. The zero-order valence-electron chi connectivity index (χ0n) is 19.3. The predicted octanol–water partition coefficient (Wildman–Crippen LogP) is 4.33. The Hall–Kier alpha value is -3.54. The van der Waals surface area contributed by atoms with E-state index in [2.05, 4.69) is 19.9 Å². The third-order valence-electron chi connectivity index (χ3n) is 6.26. The standard InChI is InChI=1S/C24H23F4N5O3/c1-12-21-17(10-35-12)15-6-16(18(25)7-19(15)30-22(21)29)23(34)33(8-13-2-3-13)9-14-4-5-20(32-31-14)36-11-24(26,27)28/h4-7,12-13H,2-3,8-11H2,1H3,(H2,29,30)/t12-/m1/s1. The molecule has 0 bridgehead atoms. The van der Waals surface area contributed by atoms with E-state index < -0.39 is 24.5 Å². The highest BCUT2D eigenvalue weighted by molar-refractivity contribution is 5.99. The summed E-state index contributed by atoms with van der Waals surface area (Å²) in [6, 6.07) is 5.37. The van der Waals surface area contributed by atoms with Gasteiger partial charge in [-0.05, 0) is 43.4 Å². The molecule has 1 aromatic carbocycles. The Morgan fingerprint density at radius 2 is 2.03 bits per heavy atom. The van der Waals surface area contributed by atoms with Gasteiger partial charge in [0.2, 0.25) is 5.88 Å². The van der Waals surface area contributed by atoms with Gasteiger partial charge in [-0.2, -0.15) is 18.3 Å². The molecule has 1 fully saturated rings. The van der Waals surface area contributed by atoms with Crippen molar-refractivity contribution < 1.29 is 31.8 Å². The molecule has 1 amide bonds. The van der Waals surface area contributed by atoms with Crippen LogP contribution in [0.15, 0.2) is 24.3 Å². The molecular weight excluding hydrogens is 482 g/mol. The number of alkyl halides is 3. The lowest BCUT2D eigenvalue weighted by molar-refractivity contribution is -0.154. The molecule has 1 aliphatic heterocycles. The molecule has 0 radical (unpaired) electrons. The number of aromatic nitrogens is 3. The molecule has 0 saturated heterocycles. The van der Waals surface area contributed by atoms with Crippen LogP contribution in [0.1, 0.15) is 53.0 Å². The molecular formula is C24H23F4N5O3. The Morgan fingerprint density at radius 1 is 1.25 bits per heavy atom. The van der Waals surface area contributed by atoms with Crippen LogP contribution in [0, 0.1) is 11.7 Å². The van der Waals surface area contributed by atoms with E-state index in [1.54, 1.807) is 0 Å². The number of amides is 1. The Balaban J connectivity index is 1.42. The number of carbonyl (C=O) groups excluding carboxylic acids is 1. The molecule has 0 spiro atoms. The quantitative estimate of drug-likeness (QED) is 0.477. The molecule has 1 saturated carbocycles. The predicted molar refractivity (Wildman–Crippen MR) is 120 cm³/mol. The first kappa shape index (κ1) is 24.2. The Bertz CT molecular complexity index is 1310. The van der Waals surface area contributed by atoms with Gasteiger partial charge in [-0.1, -0.05) is 0 Å². The first-order valence-corrected chi connectivity index (χ1v) is 11.4. The van der Waals surface area contributed by atoms with Gasteiger partial charge >= 0.3 is 6.18 Å². The van der Waals surface area contributed by atoms with Crippen molar-refractivity contribution in [3.8, 4) is 5.88 Å². The summed E-state index contributed by atoms with van der Waals surface area (Å²) in [5, 5.41) is 8.15. The minimum Gasteiger partial charge on any atom is -0.467 e. The van der Waals surface area contributed by atoms with Gasteiger partial charge in [0.1, 0.15) is 11.6 Å². The summed E-state index contributed by atoms with van der Waals surface area (Å²) in [6.07, 6.45) is -2.85. The third kappa shape index (κ3) is 5.03. The second-order valence-electron chi connectivity index (χ2n) is 9.09. The number of nitrogens with two attached hydrogens (primary N) is 1. The maximum Gasteiger partial charge on any atom is 0.422 e. The van der Waals surface area contributed by atoms with E-state index in [0.717, 1.165) is 24.0 Å². The SMILES string of the molecule is C[C@H]1OCc2c1c(N)nc1cc(F)c(C(=O)N(Cc3ccc(OCC(F)(F)F)nn3)CC3CC3)cc21. The van der Waals surface area contributed by atoms with Crippen LogP contribution >= 0.6 is 0 Å². The average molecular weight is 505 g/mol. The van der Waals surface area contributed by atoms with Crippen molar-refractivity contribution in [2.24, 2.45) is 5.92 Å². The molecule has 36 heavy (non-hydrogen) atoms. The number of anilines is 1. The van der Waals surface area contributed by atoms with Crippen LogP contribution < -0.4 is 10.5 Å². The zero-order valence-corrected chi connectivity index (χ0v) is 19.3. The fraction of sp³-hybridized carbons (Fsp3) is 0.417. The second kappa shape index (κ2) is 9.16. The Kier molecular flexibility index (Phi) is 6.15. The molecule has 1 aliphatic carbocycles. The van der Waals surface area contributed by atoms with Gasteiger partial charge in [-0.15, -0.1) is 5.10 Å². The van der Waals surface area contributed by atoms with Crippen LogP contribution in [-0.2, 0) is 17.9 Å². The maximum atomic E-state index is 15.1. The molecule has 3 heterocycles. The molecule has 12 heteroatoms. The molecule has 3 aromatic rings. The van der Waals surface area contributed by atoms with Crippen LogP contribution in [0.25, 0.3) is 10.9 Å². The van der Waals surface area contributed by atoms with E-state index in [0.29, 0.717) is 29.1 Å². The summed E-state index contributed by atoms with van der Waals surface area (Å²) in [6.45, 7) is 1.05. The van der Waals surface area contributed by atoms with Crippen molar-refractivity contribution in [3.63, 3.8) is 0 Å². The number of nitrogen functional groups attached to an aromatic ring is 1. The smallest absolute Gasteiger partial charge is 0.422 e. The van der Waals surface area contributed by atoms with Crippen molar-refractivity contribution in [2.75, 3.05) is 18.9 Å². The van der Waals surface area contributed by atoms with E-state index in [1.807, 2.05) is 6.92 Å². The van der Waals surface area contributed by atoms with Crippen LogP contribution in [0.4, 0.5) is 23.4 Å². The fourth-order valence-corrected chi connectivity index (χ4v) is 4.31. The molecule has 2 aromatic heterocycles. The van der Waals surface area contributed by atoms with Crippen molar-refractivity contribution in [2.45, 2.75) is 45.2 Å². The van der Waals surface area contributed by atoms with E-state index in [1.165, 1.54) is 29.2 Å². The fourth-order valence-electron chi connectivity index (χ4n) is 4.31. The molecule has 190 valence electrons. The summed E-state index contributed by atoms with van der Waals surface area (Å²) in [4.78, 5) is 19.3. The van der Waals surface area contributed by atoms with Crippen molar-refractivity contribution in [3.05, 3.63) is 52.5 Å². The van der Waals surface area contributed by atoms with Gasteiger partial charge in [-0.3, -0.25) is 4.79 Å². The Labute approximate surface area is 203 Å². The summed E-state index contributed by atoms with van der Waals surface area (Å²) < 4.78 is 62.4. The highest BCUT2D eigenvalue weighted by Crippen LogP contribution is 2.39. The van der Waals surface area contributed by atoms with Crippen LogP contribution in [0.5, 0.6) is 5.88 Å². The van der Waals surface area contributed by atoms with Gasteiger partial charge in [-0.25, -0.2) is 9.37 Å². The van der Waals surface area contributed by atoms with Crippen LogP contribution in [0.2, 0.25) is 0 Å². The number of ether oxygens (including phenoxy) is 2. The van der Waals surface area contributed by atoms with Gasteiger partial charge in [0.25, 0.3) is 5.91 Å². The van der Waals surface area contributed by atoms with E-state index in [-0.39, 0.29) is 36.5 Å². The Morgan fingerprint density at radius 3 is 2.69 bits per heavy atom. The van der Waals surface area contributed by atoms with Crippen LogP contribution in [-0.4, -0.2) is 45.3 Å². The van der Waals surface area contributed by atoms with Crippen LogP contribution in [0.3, 0.4) is 0 Å². The second-order valence-corrected chi connectivity index (χ2v) is 9.09. The van der Waals surface area contributed by atoms with E-state index in [4.69, 9.17) is 10.5 Å². The normalized spacial score (nSPS) is 17.3. The largest absolute Gasteiger partial charge is 0.467 e. The monoisotopic (exact) mass is 505 g/mol. The van der Waals surface area contributed by atoms with E-state index >= 15 is 4.39 Å². The topological polar surface area (TPSA) is 103 Å². The van der Waals surface area contributed by atoms with Gasteiger partial charge < -0.3 is 20.1 Å². The number of hydrogen-bond acceptors (Lipinski definition) is 7. The average Bonchev–Trinajstić information content (AvgIpc) is 3.55. The molecule has 0 unspecified atom stereocenters. The zero-order chi connectivity index (χ0) is 25.6. The summed E-state index contributed by atoms with van der Waals surface area (Å²) >= 11 is 0. The highest BCUT2D eigenvalue weighted by Gasteiger charge is 2.31. The number of halogens is 4. The van der Waals surface area contributed by atoms with Crippen molar-refractivity contribution in [1.29, 1.82) is 0 Å². The van der Waals surface area contributed by atoms with Gasteiger partial charge in [0.15, 0.2) is 6.61 Å². The van der Waals surface area contributed by atoms with Gasteiger partial charge in [0, 0.05) is 29.6 Å². The number of rotatable bonds is 7. The molecule has 8 nitrogen and oxygen atoms in total.